The molecule has 0 aliphatic heterocycles. The third-order valence-electron chi connectivity index (χ3n) is 3.62. The van der Waals surface area contributed by atoms with Crippen molar-refractivity contribution in [3.05, 3.63) is 29.8 Å². The molecule has 0 spiro atoms. The quantitative estimate of drug-likeness (QED) is 0.741. The second-order valence-electron chi connectivity index (χ2n) is 5.10. The molecule has 1 saturated carbocycles. The van der Waals surface area contributed by atoms with Crippen molar-refractivity contribution in [2.45, 2.75) is 45.4 Å². The van der Waals surface area contributed by atoms with Gasteiger partial charge in [0.05, 0.1) is 0 Å². The monoisotopic (exact) mass is 217 g/mol. The van der Waals surface area contributed by atoms with Gasteiger partial charge >= 0.3 is 0 Å². The van der Waals surface area contributed by atoms with Crippen LogP contribution in [0.5, 0.6) is 0 Å². The summed E-state index contributed by atoms with van der Waals surface area (Å²) in [5.74, 6) is 0.892. The van der Waals surface area contributed by atoms with Gasteiger partial charge in [-0.25, -0.2) is 0 Å². The molecule has 88 valence electrons. The zero-order valence-electron chi connectivity index (χ0n) is 10.3. The van der Waals surface area contributed by atoms with E-state index in [0.717, 1.165) is 12.5 Å². The van der Waals surface area contributed by atoms with Crippen LogP contribution in [0.15, 0.2) is 24.3 Å². The molecule has 2 rings (SSSR count). The van der Waals surface area contributed by atoms with Crippen molar-refractivity contribution in [1.82, 2.24) is 0 Å². The largest absolute Gasteiger partial charge is 0.385 e. The molecule has 0 heterocycles. The average Bonchev–Trinajstić information content (AvgIpc) is 2.57. The number of aryl methyl sites for hydroxylation is 1. The van der Waals surface area contributed by atoms with Crippen LogP contribution in [0.3, 0.4) is 0 Å². The molecule has 0 saturated heterocycles. The first-order chi connectivity index (χ1) is 7.84. The van der Waals surface area contributed by atoms with Gasteiger partial charge in [-0.1, -0.05) is 43.4 Å². The molecule has 16 heavy (non-hydrogen) atoms. The van der Waals surface area contributed by atoms with Crippen molar-refractivity contribution in [1.29, 1.82) is 0 Å². The molecule has 1 heteroatoms. The van der Waals surface area contributed by atoms with Gasteiger partial charge in [0.1, 0.15) is 0 Å². The third-order valence-corrected chi connectivity index (χ3v) is 3.62. The van der Waals surface area contributed by atoms with Crippen LogP contribution in [0.2, 0.25) is 0 Å². The van der Waals surface area contributed by atoms with Crippen molar-refractivity contribution < 1.29 is 0 Å². The summed E-state index contributed by atoms with van der Waals surface area (Å²) in [6.45, 7) is 3.29. The Hall–Kier alpha value is -0.980. The van der Waals surface area contributed by atoms with Gasteiger partial charge in [0, 0.05) is 12.2 Å². The fourth-order valence-electron chi connectivity index (χ4n) is 2.50. The maximum Gasteiger partial charge on any atom is 0.0340 e. The summed E-state index contributed by atoms with van der Waals surface area (Å²) in [5.41, 5.74) is 2.61. The van der Waals surface area contributed by atoms with E-state index in [0.29, 0.717) is 0 Å². The van der Waals surface area contributed by atoms with E-state index in [1.165, 1.54) is 49.8 Å². The predicted molar refractivity (Wildman–Crippen MR) is 70.9 cm³/mol. The van der Waals surface area contributed by atoms with Crippen LogP contribution < -0.4 is 5.32 Å². The first-order valence-corrected chi connectivity index (χ1v) is 6.65. The molecule has 1 aliphatic carbocycles. The number of rotatable bonds is 3. The smallest absolute Gasteiger partial charge is 0.0340 e. The summed E-state index contributed by atoms with van der Waals surface area (Å²) in [6, 6.07) is 8.73. The van der Waals surface area contributed by atoms with Gasteiger partial charge in [0.15, 0.2) is 0 Å². The highest BCUT2D eigenvalue weighted by atomic mass is 14.9. The Kier molecular flexibility index (Phi) is 4.26. The number of benzene rings is 1. The van der Waals surface area contributed by atoms with Gasteiger partial charge < -0.3 is 5.32 Å². The summed E-state index contributed by atoms with van der Waals surface area (Å²) < 4.78 is 0. The van der Waals surface area contributed by atoms with E-state index < -0.39 is 0 Å². The highest BCUT2D eigenvalue weighted by Crippen LogP contribution is 2.23. The Morgan fingerprint density at radius 2 is 1.62 bits per heavy atom. The van der Waals surface area contributed by atoms with Crippen LogP contribution in [0, 0.1) is 12.8 Å². The maximum atomic E-state index is 3.57. The first kappa shape index (κ1) is 11.5. The van der Waals surface area contributed by atoms with Crippen LogP contribution in [0.25, 0.3) is 0 Å². The Morgan fingerprint density at radius 1 is 1.00 bits per heavy atom. The molecule has 1 nitrogen and oxygen atoms in total. The lowest BCUT2D eigenvalue weighted by Crippen LogP contribution is -2.13. The Balaban J connectivity index is 1.79. The van der Waals surface area contributed by atoms with Crippen LogP contribution in [0.4, 0.5) is 5.69 Å². The molecule has 1 aromatic carbocycles. The van der Waals surface area contributed by atoms with Gasteiger partial charge in [-0.15, -0.1) is 0 Å². The second kappa shape index (κ2) is 5.93. The lowest BCUT2D eigenvalue weighted by atomic mass is 10.0. The standard InChI is InChI=1S/C15H23N/c1-13-8-10-15(11-9-13)16-12-14-6-4-2-3-5-7-14/h8-11,14,16H,2-7,12H2,1H3. The van der Waals surface area contributed by atoms with Crippen LogP contribution in [-0.2, 0) is 0 Å². The van der Waals surface area contributed by atoms with Crippen molar-refractivity contribution in [3.8, 4) is 0 Å². The summed E-state index contributed by atoms with van der Waals surface area (Å²) >= 11 is 0. The lowest BCUT2D eigenvalue weighted by molar-refractivity contribution is 0.483. The Labute approximate surface area is 99.3 Å². The van der Waals surface area contributed by atoms with Gasteiger partial charge in [-0.2, -0.15) is 0 Å². The van der Waals surface area contributed by atoms with Crippen LogP contribution in [0.1, 0.15) is 44.1 Å². The number of nitrogens with one attached hydrogen (secondary N) is 1. The molecule has 1 N–H and O–H groups in total. The molecular formula is C15H23N. The van der Waals surface area contributed by atoms with E-state index in [9.17, 15) is 0 Å². The van der Waals surface area contributed by atoms with E-state index in [1.54, 1.807) is 0 Å². The van der Waals surface area contributed by atoms with E-state index >= 15 is 0 Å². The fourth-order valence-corrected chi connectivity index (χ4v) is 2.50. The van der Waals surface area contributed by atoms with Crippen molar-refractivity contribution in [3.63, 3.8) is 0 Å². The molecule has 0 bridgehead atoms. The Bertz CT molecular complexity index is 294. The van der Waals surface area contributed by atoms with Gasteiger partial charge in [-0.3, -0.25) is 0 Å². The summed E-state index contributed by atoms with van der Waals surface area (Å²) in [5, 5.41) is 3.57. The molecule has 1 aromatic rings. The van der Waals surface area contributed by atoms with Crippen LogP contribution >= 0.6 is 0 Å². The molecule has 1 fully saturated rings. The molecular weight excluding hydrogens is 194 g/mol. The zero-order chi connectivity index (χ0) is 11.2. The number of hydrogen-bond acceptors (Lipinski definition) is 1. The minimum absolute atomic E-state index is 0.892. The number of hydrogen-bond donors (Lipinski definition) is 1. The number of anilines is 1. The summed E-state index contributed by atoms with van der Waals surface area (Å²) in [7, 11) is 0. The highest BCUT2D eigenvalue weighted by molar-refractivity contribution is 5.44. The van der Waals surface area contributed by atoms with Crippen molar-refractivity contribution in [2.24, 2.45) is 5.92 Å². The minimum atomic E-state index is 0.892. The highest BCUT2D eigenvalue weighted by Gasteiger charge is 2.11. The van der Waals surface area contributed by atoms with E-state index in [1.807, 2.05) is 0 Å². The molecule has 0 unspecified atom stereocenters. The second-order valence-corrected chi connectivity index (χ2v) is 5.10. The SMILES string of the molecule is Cc1ccc(NCC2CCCCCC2)cc1. The average molecular weight is 217 g/mol. The molecule has 0 aromatic heterocycles. The molecule has 0 amide bonds. The van der Waals surface area contributed by atoms with Gasteiger partial charge in [-0.05, 0) is 37.8 Å². The third kappa shape index (κ3) is 3.55. The van der Waals surface area contributed by atoms with E-state index in [2.05, 4.69) is 36.5 Å². The zero-order valence-corrected chi connectivity index (χ0v) is 10.3. The topological polar surface area (TPSA) is 12.0 Å². The maximum absolute atomic E-state index is 3.57. The summed E-state index contributed by atoms with van der Waals surface area (Å²) in [6.07, 6.45) is 8.58. The van der Waals surface area contributed by atoms with Gasteiger partial charge in [0.2, 0.25) is 0 Å². The van der Waals surface area contributed by atoms with E-state index in [-0.39, 0.29) is 0 Å². The normalized spacial score (nSPS) is 18.1. The predicted octanol–water partition coefficient (Wildman–Crippen LogP) is 4.38. The molecule has 1 aliphatic rings. The minimum Gasteiger partial charge on any atom is -0.385 e. The summed E-state index contributed by atoms with van der Waals surface area (Å²) in [4.78, 5) is 0. The van der Waals surface area contributed by atoms with Gasteiger partial charge in [0.25, 0.3) is 0 Å². The fraction of sp³-hybridized carbons (Fsp3) is 0.600. The van der Waals surface area contributed by atoms with Crippen molar-refractivity contribution in [2.75, 3.05) is 11.9 Å². The molecule has 0 atom stereocenters. The van der Waals surface area contributed by atoms with E-state index in [4.69, 9.17) is 0 Å². The molecule has 0 radical (unpaired) electrons. The lowest BCUT2D eigenvalue weighted by Gasteiger charge is -2.15. The first-order valence-electron chi connectivity index (χ1n) is 6.65. The Morgan fingerprint density at radius 3 is 2.25 bits per heavy atom. The van der Waals surface area contributed by atoms with Crippen molar-refractivity contribution >= 4 is 5.69 Å². The van der Waals surface area contributed by atoms with Crippen LogP contribution in [-0.4, -0.2) is 6.54 Å².